The topological polar surface area (TPSA) is 0 Å². The molecule has 0 fully saturated rings. The Bertz CT molecular complexity index is 2280. The predicted octanol–water partition coefficient (Wildman–Crippen LogP) is 11.0. The number of hydrogen-bond acceptors (Lipinski definition) is 0. The van der Waals surface area contributed by atoms with Gasteiger partial charge in [-0.25, -0.2) is 0 Å². The maximum atomic E-state index is 2.50. The van der Waals surface area contributed by atoms with Crippen molar-refractivity contribution in [2.75, 3.05) is 0 Å². The molecule has 0 unspecified atom stereocenters. The van der Waals surface area contributed by atoms with Crippen LogP contribution in [0.5, 0.6) is 0 Å². The Labute approximate surface area is 243 Å². The van der Waals surface area contributed by atoms with Crippen LogP contribution in [0.2, 0.25) is 0 Å². The van der Waals surface area contributed by atoms with E-state index in [1.807, 2.05) is 0 Å². The Balaban J connectivity index is 1.52. The van der Waals surface area contributed by atoms with Crippen molar-refractivity contribution in [1.82, 2.24) is 0 Å². The molecular formula is C40H24Se. The zero-order valence-electron chi connectivity index (χ0n) is 22.3. The van der Waals surface area contributed by atoms with E-state index in [0.717, 1.165) is 0 Å². The first-order valence-electron chi connectivity index (χ1n) is 14.1. The van der Waals surface area contributed by atoms with E-state index in [2.05, 4.69) is 146 Å². The van der Waals surface area contributed by atoms with Crippen LogP contribution in [0.4, 0.5) is 0 Å². The van der Waals surface area contributed by atoms with Crippen molar-refractivity contribution in [2.45, 2.75) is 0 Å². The molecule has 0 spiro atoms. The Hall–Kier alpha value is -4.68. The molecule has 1 heterocycles. The van der Waals surface area contributed by atoms with Crippen LogP contribution >= 0.6 is 0 Å². The van der Waals surface area contributed by atoms with E-state index >= 15 is 0 Å². The van der Waals surface area contributed by atoms with E-state index in [9.17, 15) is 0 Å². The van der Waals surface area contributed by atoms with Gasteiger partial charge in [0.05, 0.1) is 0 Å². The SMILES string of the molecule is c1ccc(-c2cc3[se]c4cc(-c5ccccc5)c5cc6ccccc6cc5c4c3c3cc4ccccc4cc23)cc1. The molecule has 8 aromatic carbocycles. The van der Waals surface area contributed by atoms with Gasteiger partial charge >= 0.3 is 245 Å². The summed E-state index contributed by atoms with van der Waals surface area (Å²) in [6, 6.07) is 54.1. The summed E-state index contributed by atoms with van der Waals surface area (Å²) in [7, 11) is 0. The first-order valence-corrected chi connectivity index (χ1v) is 15.8. The molecule has 1 heteroatoms. The minimum absolute atomic E-state index is 0.206. The first kappa shape index (κ1) is 23.1. The van der Waals surface area contributed by atoms with Crippen LogP contribution in [0.3, 0.4) is 0 Å². The average molecular weight is 584 g/mol. The molecule has 1 aromatic heterocycles. The molecule has 0 N–H and O–H groups in total. The monoisotopic (exact) mass is 584 g/mol. The van der Waals surface area contributed by atoms with Crippen molar-refractivity contribution in [3.05, 3.63) is 146 Å². The first-order chi connectivity index (χ1) is 20.3. The van der Waals surface area contributed by atoms with E-state index in [1.54, 1.807) is 0 Å². The van der Waals surface area contributed by atoms with E-state index < -0.39 is 0 Å². The molecule has 0 amide bonds. The summed E-state index contributed by atoms with van der Waals surface area (Å²) >= 11 is 0.206. The van der Waals surface area contributed by atoms with Gasteiger partial charge < -0.3 is 0 Å². The molecule has 190 valence electrons. The molecule has 0 saturated carbocycles. The van der Waals surface area contributed by atoms with Crippen LogP contribution in [-0.2, 0) is 0 Å². The second-order valence-electron chi connectivity index (χ2n) is 10.9. The third-order valence-electron chi connectivity index (χ3n) is 8.57. The van der Waals surface area contributed by atoms with Crippen LogP contribution < -0.4 is 0 Å². The maximum absolute atomic E-state index is 2.50. The Morgan fingerprint density at radius 2 is 0.659 bits per heavy atom. The molecule has 0 atom stereocenters. The minimum atomic E-state index is 0.206. The standard InChI is InChI=1S/C40H24Se/c1-3-11-25(12-4-1)31-23-37-39(35-21-29-17-9-7-15-27(29)19-33(31)35)40-36-22-30-18-10-8-16-28(30)20-34(36)32(24-38(40)41-37)26-13-5-2-6-14-26/h1-24H. The fourth-order valence-electron chi connectivity index (χ4n) is 6.68. The zero-order valence-corrected chi connectivity index (χ0v) is 24.0. The van der Waals surface area contributed by atoms with Crippen LogP contribution in [0.15, 0.2) is 146 Å². The van der Waals surface area contributed by atoms with Crippen LogP contribution in [0.1, 0.15) is 0 Å². The van der Waals surface area contributed by atoms with Gasteiger partial charge in [-0.15, -0.1) is 0 Å². The molecule has 0 bridgehead atoms. The molecule has 41 heavy (non-hydrogen) atoms. The van der Waals surface area contributed by atoms with Crippen molar-refractivity contribution in [1.29, 1.82) is 0 Å². The van der Waals surface area contributed by atoms with Crippen LogP contribution in [-0.4, -0.2) is 14.5 Å². The van der Waals surface area contributed by atoms with Crippen LogP contribution in [0, 0.1) is 0 Å². The van der Waals surface area contributed by atoms with Crippen molar-refractivity contribution in [2.24, 2.45) is 0 Å². The van der Waals surface area contributed by atoms with Crippen molar-refractivity contribution in [3.63, 3.8) is 0 Å². The normalized spacial score (nSPS) is 11.9. The van der Waals surface area contributed by atoms with Crippen molar-refractivity contribution in [3.8, 4) is 22.3 Å². The number of fused-ring (bicyclic) bond motifs is 9. The summed E-state index contributed by atoms with van der Waals surface area (Å²) in [5.41, 5.74) is 5.22. The third-order valence-corrected chi connectivity index (χ3v) is 10.8. The molecule has 0 nitrogen and oxygen atoms in total. The second-order valence-corrected chi connectivity index (χ2v) is 13.2. The van der Waals surface area contributed by atoms with Gasteiger partial charge in [-0.2, -0.15) is 0 Å². The summed E-state index contributed by atoms with van der Waals surface area (Å²) in [5.74, 6) is 0. The molecule has 9 aromatic rings. The Morgan fingerprint density at radius 1 is 0.317 bits per heavy atom. The molecule has 0 aliphatic heterocycles. The number of benzene rings is 8. The summed E-state index contributed by atoms with van der Waals surface area (Å²) in [6.45, 7) is 0. The van der Waals surface area contributed by atoms with Crippen LogP contribution in [0.25, 0.3) is 84.6 Å². The van der Waals surface area contributed by atoms with E-state index in [0.29, 0.717) is 0 Å². The van der Waals surface area contributed by atoms with Gasteiger partial charge in [0.1, 0.15) is 0 Å². The van der Waals surface area contributed by atoms with Gasteiger partial charge in [0.15, 0.2) is 0 Å². The predicted molar refractivity (Wildman–Crippen MR) is 179 cm³/mol. The van der Waals surface area contributed by atoms with Crippen molar-refractivity contribution < 1.29 is 0 Å². The summed E-state index contributed by atoms with van der Waals surface area (Å²) in [6.07, 6.45) is 0. The van der Waals surface area contributed by atoms with E-state index in [1.165, 1.54) is 84.6 Å². The van der Waals surface area contributed by atoms with Gasteiger partial charge in [0.25, 0.3) is 0 Å². The fourth-order valence-corrected chi connectivity index (χ4v) is 9.23. The molecule has 0 radical (unpaired) electrons. The molecular weight excluding hydrogens is 559 g/mol. The zero-order chi connectivity index (χ0) is 26.9. The van der Waals surface area contributed by atoms with Crippen molar-refractivity contribution >= 4 is 76.9 Å². The third kappa shape index (κ3) is 3.54. The average Bonchev–Trinajstić information content (AvgIpc) is 3.42. The molecule has 0 aliphatic carbocycles. The second kappa shape index (κ2) is 8.91. The van der Waals surface area contributed by atoms with E-state index in [4.69, 9.17) is 0 Å². The molecule has 0 aliphatic rings. The Morgan fingerprint density at radius 3 is 1.05 bits per heavy atom. The van der Waals surface area contributed by atoms with Gasteiger partial charge in [0, 0.05) is 0 Å². The summed E-state index contributed by atoms with van der Waals surface area (Å²) < 4.78 is 2.96. The van der Waals surface area contributed by atoms with Gasteiger partial charge in [-0.1, -0.05) is 0 Å². The van der Waals surface area contributed by atoms with Gasteiger partial charge in [-0.3, -0.25) is 0 Å². The molecule has 9 rings (SSSR count). The molecule has 0 saturated heterocycles. The Kier molecular flexibility index (Phi) is 5.01. The number of hydrogen-bond donors (Lipinski definition) is 0. The quantitative estimate of drug-likeness (QED) is 0.140. The summed E-state index contributed by atoms with van der Waals surface area (Å²) in [4.78, 5) is 0. The summed E-state index contributed by atoms with van der Waals surface area (Å²) in [5, 5.41) is 13.4. The number of rotatable bonds is 2. The van der Waals surface area contributed by atoms with E-state index in [-0.39, 0.29) is 14.5 Å². The fraction of sp³-hybridized carbons (Fsp3) is 0. The van der Waals surface area contributed by atoms with Gasteiger partial charge in [-0.05, 0) is 0 Å². The van der Waals surface area contributed by atoms with Gasteiger partial charge in [0.2, 0.25) is 0 Å².